The minimum atomic E-state index is -3.74. The van der Waals surface area contributed by atoms with E-state index in [2.05, 4.69) is 20.7 Å². The molecule has 0 saturated carbocycles. The molecule has 0 unspecified atom stereocenters. The number of ether oxygens (including phenoxy) is 1. The number of carbonyl (C=O) groups is 1. The van der Waals surface area contributed by atoms with E-state index in [-0.39, 0.29) is 4.90 Å². The topological polar surface area (TPSA) is 72.5 Å². The largest absolute Gasteiger partial charge is 0.459 e. The molecule has 0 fully saturated rings. The number of halogens is 1. The molecule has 1 aromatic heterocycles. The molecular weight excluding hydrogens is 366 g/mol. The summed E-state index contributed by atoms with van der Waals surface area (Å²) in [5.41, 5.74) is -0.655. The zero-order valence-electron chi connectivity index (χ0n) is 12.0. The van der Waals surface area contributed by atoms with Gasteiger partial charge in [-0.25, -0.2) is 8.42 Å². The van der Waals surface area contributed by atoms with E-state index in [0.29, 0.717) is 4.88 Å². The normalized spacial score (nSPS) is 14.1. The van der Waals surface area contributed by atoms with Crippen molar-refractivity contribution in [3.8, 4) is 0 Å². The second-order valence-electron chi connectivity index (χ2n) is 5.35. The lowest BCUT2D eigenvalue weighted by Crippen LogP contribution is -2.42. The minimum Gasteiger partial charge on any atom is -0.459 e. The van der Waals surface area contributed by atoms with Gasteiger partial charge in [0.1, 0.15) is 11.6 Å². The van der Waals surface area contributed by atoms with Crippen molar-refractivity contribution in [2.75, 3.05) is 0 Å². The Morgan fingerprint density at radius 3 is 2.40 bits per heavy atom. The molecule has 0 aliphatic carbocycles. The standard InChI is InChI=1S/C12H18BrNO4S2/c1-7(11(15)18-12(3,4)5)14-20(16,17)9-6-10(13)19-8(9)2/h6-7,14H,1-5H3/t7-/m1/s1. The van der Waals surface area contributed by atoms with Gasteiger partial charge in [0.15, 0.2) is 0 Å². The minimum absolute atomic E-state index is 0.171. The first-order valence-electron chi connectivity index (χ1n) is 5.93. The predicted octanol–water partition coefficient (Wildman–Crippen LogP) is 2.83. The number of rotatable bonds is 4. The van der Waals surface area contributed by atoms with Crippen molar-refractivity contribution in [2.24, 2.45) is 0 Å². The van der Waals surface area contributed by atoms with Crippen LogP contribution in [0.1, 0.15) is 32.6 Å². The summed E-state index contributed by atoms with van der Waals surface area (Å²) < 4.78 is 32.6. The van der Waals surface area contributed by atoms with Gasteiger partial charge in [-0.05, 0) is 56.6 Å². The highest BCUT2D eigenvalue weighted by atomic mass is 79.9. The quantitative estimate of drug-likeness (QED) is 0.811. The lowest BCUT2D eigenvalue weighted by molar-refractivity contribution is -0.156. The van der Waals surface area contributed by atoms with Crippen molar-refractivity contribution in [2.45, 2.75) is 51.2 Å². The molecule has 0 aliphatic rings. The molecule has 1 atom stereocenters. The zero-order chi connectivity index (χ0) is 15.7. The van der Waals surface area contributed by atoms with Gasteiger partial charge in [0.2, 0.25) is 10.0 Å². The second-order valence-corrected chi connectivity index (χ2v) is 9.67. The molecule has 0 amide bonds. The summed E-state index contributed by atoms with van der Waals surface area (Å²) in [6, 6.07) is 0.571. The van der Waals surface area contributed by atoms with Crippen molar-refractivity contribution in [3.63, 3.8) is 0 Å². The Labute approximate surface area is 131 Å². The number of nitrogens with one attached hydrogen (secondary N) is 1. The fraction of sp³-hybridized carbons (Fsp3) is 0.583. The summed E-state index contributed by atoms with van der Waals surface area (Å²) in [5.74, 6) is -0.604. The number of carbonyl (C=O) groups excluding carboxylic acids is 1. The smallest absolute Gasteiger partial charge is 0.324 e. The van der Waals surface area contributed by atoms with Crippen LogP contribution >= 0.6 is 27.3 Å². The summed E-state index contributed by atoms with van der Waals surface area (Å²) in [5, 5.41) is 0. The highest BCUT2D eigenvalue weighted by molar-refractivity contribution is 9.11. The van der Waals surface area contributed by atoms with Crippen LogP contribution in [0.3, 0.4) is 0 Å². The number of esters is 1. The Kier molecular flexibility index (Phi) is 5.40. The lowest BCUT2D eigenvalue weighted by Gasteiger charge is -2.22. The number of sulfonamides is 1. The van der Waals surface area contributed by atoms with Crippen LogP contribution in [0, 0.1) is 6.92 Å². The SMILES string of the molecule is Cc1sc(Br)cc1S(=O)(=O)N[C@H](C)C(=O)OC(C)(C)C. The van der Waals surface area contributed by atoms with E-state index < -0.39 is 27.6 Å². The van der Waals surface area contributed by atoms with Crippen LogP contribution in [0.5, 0.6) is 0 Å². The van der Waals surface area contributed by atoms with Crippen LogP contribution < -0.4 is 4.72 Å². The van der Waals surface area contributed by atoms with Crippen LogP contribution in [0.15, 0.2) is 14.7 Å². The monoisotopic (exact) mass is 383 g/mol. The van der Waals surface area contributed by atoms with Gasteiger partial charge in [0.25, 0.3) is 0 Å². The molecule has 1 aromatic rings. The molecule has 114 valence electrons. The van der Waals surface area contributed by atoms with Gasteiger partial charge in [0, 0.05) is 4.88 Å². The first kappa shape index (κ1) is 17.6. The van der Waals surface area contributed by atoms with Crippen molar-refractivity contribution >= 4 is 43.3 Å². The summed E-state index contributed by atoms with van der Waals surface area (Å²) in [7, 11) is -3.74. The molecule has 5 nitrogen and oxygen atoms in total. The third kappa shape index (κ3) is 4.83. The number of aryl methyl sites for hydroxylation is 1. The van der Waals surface area contributed by atoms with Gasteiger partial charge in [-0.2, -0.15) is 4.72 Å². The molecule has 0 bridgehead atoms. The summed E-state index contributed by atoms with van der Waals surface area (Å²) in [6.07, 6.45) is 0. The number of hydrogen-bond donors (Lipinski definition) is 1. The molecule has 1 rings (SSSR count). The maximum Gasteiger partial charge on any atom is 0.324 e. The summed E-state index contributed by atoms with van der Waals surface area (Å²) in [4.78, 5) is 12.6. The molecule has 1 heterocycles. The van der Waals surface area contributed by atoms with Gasteiger partial charge < -0.3 is 4.74 Å². The van der Waals surface area contributed by atoms with Gasteiger partial charge in [-0.3, -0.25) is 4.79 Å². The summed E-state index contributed by atoms with van der Waals surface area (Å²) in [6.45, 7) is 8.36. The van der Waals surface area contributed by atoms with Gasteiger partial charge >= 0.3 is 5.97 Å². The van der Waals surface area contributed by atoms with E-state index in [9.17, 15) is 13.2 Å². The average Bonchev–Trinajstić information content (AvgIpc) is 2.55. The molecule has 0 radical (unpaired) electrons. The van der Waals surface area contributed by atoms with E-state index in [1.165, 1.54) is 24.3 Å². The highest BCUT2D eigenvalue weighted by Crippen LogP contribution is 2.29. The Balaban J connectivity index is 2.87. The second kappa shape index (κ2) is 6.13. The Bertz CT molecular complexity index is 601. The third-order valence-electron chi connectivity index (χ3n) is 2.22. The molecule has 0 aliphatic heterocycles. The van der Waals surface area contributed by atoms with Crippen LogP contribution in [0.25, 0.3) is 0 Å². The first-order valence-corrected chi connectivity index (χ1v) is 9.03. The third-order valence-corrected chi connectivity index (χ3v) is 5.57. The maximum atomic E-state index is 12.2. The van der Waals surface area contributed by atoms with E-state index in [1.807, 2.05) is 0 Å². The maximum absolute atomic E-state index is 12.2. The van der Waals surface area contributed by atoms with E-state index >= 15 is 0 Å². The molecular formula is C12H18BrNO4S2. The first-order chi connectivity index (χ1) is 8.92. The van der Waals surface area contributed by atoms with E-state index in [0.717, 1.165) is 3.79 Å². The van der Waals surface area contributed by atoms with Gasteiger partial charge in [-0.1, -0.05) is 0 Å². The van der Waals surface area contributed by atoms with Crippen LogP contribution in [0.2, 0.25) is 0 Å². The van der Waals surface area contributed by atoms with Crippen molar-refractivity contribution < 1.29 is 17.9 Å². The molecule has 8 heteroatoms. The van der Waals surface area contributed by atoms with Crippen LogP contribution in [-0.2, 0) is 19.6 Å². The van der Waals surface area contributed by atoms with E-state index in [4.69, 9.17) is 4.74 Å². The van der Waals surface area contributed by atoms with Crippen molar-refractivity contribution in [3.05, 3.63) is 14.7 Å². The summed E-state index contributed by atoms with van der Waals surface area (Å²) >= 11 is 4.57. The molecule has 1 N–H and O–H groups in total. The molecule has 20 heavy (non-hydrogen) atoms. The fourth-order valence-electron chi connectivity index (χ4n) is 1.43. The molecule has 0 saturated heterocycles. The predicted molar refractivity (Wildman–Crippen MR) is 82.4 cm³/mol. The van der Waals surface area contributed by atoms with Gasteiger partial charge in [0.05, 0.1) is 8.68 Å². The van der Waals surface area contributed by atoms with Crippen LogP contribution in [-0.4, -0.2) is 26.0 Å². The van der Waals surface area contributed by atoms with E-state index in [1.54, 1.807) is 27.7 Å². The lowest BCUT2D eigenvalue weighted by atomic mass is 10.2. The fourth-order valence-corrected chi connectivity index (χ4v) is 5.04. The Morgan fingerprint density at radius 2 is 2.00 bits per heavy atom. The number of hydrogen-bond acceptors (Lipinski definition) is 5. The van der Waals surface area contributed by atoms with Gasteiger partial charge in [-0.15, -0.1) is 11.3 Å². The number of thiophene rings is 1. The Hall–Kier alpha value is -0.440. The zero-order valence-corrected chi connectivity index (χ0v) is 15.2. The molecule has 0 spiro atoms. The molecule has 0 aromatic carbocycles. The average molecular weight is 384 g/mol. The van der Waals surface area contributed by atoms with Crippen molar-refractivity contribution in [1.29, 1.82) is 0 Å². The highest BCUT2D eigenvalue weighted by Gasteiger charge is 2.28. The van der Waals surface area contributed by atoms with Crippen molar-refractivity contribution in [1.82, 2.24) is 4.72 Å². The van der Waals surface area contributed by atoms with Crippen LogP contribution in [0.4, 0.5) is 0 Å². The Morgan fingerprint density at radius 1 is 1.45 bits per heavy atom.